The van der Waals surface area contributed by atoms with Crippen LogP contribution >= 0.6 is 0 Å². The van der Waals surface area contributed by atoms with Gasteiger partial charge in [-0.05, 0) is 25.5 Å². The Kier molecular flexibility index (Phi) is 4.12. The van der Waals surface area contributed by atoms with Crippen molar-refractivity contribution < 1.29 is 14.3 Å². The van der Waals surface area contributed by atoms with Crippen molar-refractivity contribution in [1.82, 2.24) is 5.32 Å². The summed E-state index contributed by atoms with van der Waals surface area (Å²) in [7, 11) is 0. The van der Waals surface area contributed by atoms with Gasteiger partial charge in [0.05, 0.1) is 18.8 Å². The standard InChI is InChI=1S/C14H19N3O3/c1-3-11-14(19)16-13(18)8-17(11)9-5-6-10(15)12(7-9)20-4-2/h5-7,11H,3-4,8,15H2,1-2H3,(H,16,18,19). The van der Waals surface area contributed by atoms with Crippen LogP contribution < -0.4 is 20.7 Å². The number of benzene rings is 1. The third-order valence-corrected chi connectivity index (χ3v) is 3.27. The number of carbonyl (C=O) groups excluding carboxylic acids is 2. The third-order valence-electron chi connectivity index (χ3n) is 3.27. The van der Waals surface area contributed by atoms with E-state index in [0.717, 1.165) is 5.69 Å². The van der Waals surface area contributed by atoms with Crippen LogP contribution in [0.4, 0.5) is 11.4 Å². The van der Waals surface area contributed by atoms with Crippen LogP contribution in [0.25, 0.3) is 0 Å². The monoisotopic (exact) mass is 277 g/mol. The zero-order chi connectivity index (χ0) is 14.7. The quantitative estimate of drug-likeness (QED) is 0.631. The number of nitrogen functional groups attached to an aromatic ring is 1. The highest BCUT2D eigenvalue weighted by atomic mass is 16.5. The number of ether oxygens (including phenoxy) is 1. The van der Waals surface area contributed by atoms with Crippen molar-refractivity contribution in [2.24, 2.45) is 0 Å². The van der Waals surface area contributed by atoms with Gasteiger partial charge in [0, 0.05) is 11.8 Å². The number of carbonyl (C=O) groups is 2. The average molecular weight is 277 g/mol. The number of anilines is 2. The first kappa shape index (κ1) is 14.2. The number of nitrogens with two attached hydrogens (primary N) is 1. The highest BCUT2D eigenvalue weighted by Crippen LogP contribution is 2.30. The van der Waals surface area contributed by atoms with E-state index in [4.69, 9.17) is 10.5 Å². The fraction of sp³-hybridized carbons (Fsp3) is 0.429. The van der Waals surface area contributed by atoms with E-state index in [1.807, 2.05) is 13.8 Å². The third kappa shape index (κ3) is 2.68. The molecule has 1 unspecified atom stereocenters. The lowest BCUT2D eigenvalue weighted by atomic mass is 10.1. The smallest absolute Gasteiger partial charge is 0.249 e. The number of hydrogen-bond acceptors (Lipinski definition) is 5. The largest absolute Gasteiger partial charge is 0.492 e. The van der Waals surface area contributed by atoms with Crippen molar-refractivity contribution in [3.63, 3.8) is 0 Å². The molecule has 1 atom stereocenters. The molecule has 1 fully saturated rings. The Morgan fingerprint density at radius 3 is 2.80 bits per heavy atom. The van der Waals surface area contributed by atoms with E-state index >= 15 is 0 Å². The molecule has 1 aromatic rings. The molecular weight excluding hydrogens is 258 g/mol. The summed E-state index contributed by atoms with van der Waals surface area (Å²) in [6.45, 7) is 4.44. The molecule has 3 N–H and O–H groups in total. The molecule has 0 bridgehead atoms. The fourth-order valence-electron chi connectivity index (χ4n) is 2.33. The minimum absolute atomic E-state index is 0.153. The van der Waals surface area contributed by atoms with Gasteiger partial charge >= 0.3 is 0 Å². The summed E-state index contributed by atoms with van der Waals surface area (Å²) in [4.78, 5) is 25.2. The Hall–Kier alpha value is -2.24. The molecule has 108 valence electrons. The Bertz CT molecular complexity index is 530. The second kappa shape index (κ2) is 5.81. The Labute approximate surface area is 117 Å². The zero-order valence-electron chi connectivity index (χ0n) is 11.7. The van der Waals surface area contributed by atoms with Crippen LogP contribution in [-0.2, 0) is 9.59 Å². The topological polar surface area (TPSA) is 84.7 Å². The normalized spacial score (nSPS) is 18.9. The van der Waals surface area contributed by atoms with Gasteiger partial charge in [-0.2, -0.15) is 0 Å². The van der Waals surface area contributed by atoms with E-state index in [9.17, 15) is 9.59 Å². The summed E-state index contributed by atoms with van der Waals surface area (Å²) in [6.07, 6.45) is 0.619. The van der Waals surface area contributed by atoms with Crippen LogP contribution in [0, 0.1) is 0 Å². The number of amides is 2. The lowest BCUT2D eigenvalue weighted by Crippen LogP contribution is -2.58. The number of rotatable bonds is 4. The Morgan fingerprint density at radius 2 is 2.15 bits per heavy atom. The molecule has 0 saturated carbocycles. The molecule has 1 aromatic carbocycles. The first-order chi connectivity index (χ1) is 9.56. The molecule has 0 radical (unpaired) electrons. The minimum Gasteiger partial charge on any atom is -0.492 e. The van der Waals surface area contributed by atoms with Crippen LogP contribution in [0.15, 0.2) is 18.2 Å². The first-order valence-corrected chi connectivity index (χ1v) is 6.69. The van der Waals surface area contributed by atoms with Gasteiger partial charge in [-0.1, -0.05) is 6.92 Å². The van der Waals surface area contributed by atoms with Crippen LogP contribution in [0.1, 0.15) is 20.3 Å². The van der Waals surface area contributed by atoms with E-state index in [1.54, 1.807) is 23.1 Å². The maximum atomic E-state index is 11.9. The summed E-state index contributed by atoms with van der Waals surface area (Å²) < 4.78 is 5.45. The molecular formula is C14H19N3O3. The average Bonchev–Trinajstić information content (AvgIpc) is 2.41. The number of imide groups is 1. The zero-order valence-corrected chi connectivity index (χ0v) is 11.7. The highest BCUT2D eigenvalue weighted by Gasteiger charge is 2.32. The van der Waals surface area contributed by atoms with E-state index in [2.05, 4.69) is 5.32 Å². The highest BCUT2D eigenvalue weighted by molar-refractivity contribution is 6.04. The molecule has 1 aliphatic rings. The summed E-state index contributed by atoms with van der Waals surface area (Å²) in [5, 5.41) is 2.36. The van der Waals surface area contributed by atoms with Crippen molar-refractivity contribution in [2.75, 3.05) is 23.8 Å². The van der Waals surface area contributed by atoms with Gasteiger partial charge in [0.25, 0.3) is 0 Å². The number of piperazine rings is 1. The lowest BCUT2D eigenvalue weighted by Gasteiger charge is -2.35. The van der Waals surface area contributed by atoms with E-state index in [0.29, 0.717) is 24.5 Å². The molecule has 6 heteroatoms. The summed E-state index contributed by atoms with van der Waals surface area (Å²) >= 11 is 0. The second-order valence-corrected chi connectivity index (χ2v) is 4.62. The van der Waals surface area contributed by atoms with Crippen molar-refractivity contribution >= 4 is 23.2 Å². The van der Waals surface area contributed by atoms with Crippen molar-refractivity contribution in [3.05, 3.63) is 18.2 Å². The maximum absolute atomic E-state index is 11.9. The number of hydrogen-bond donors (Lipinski definition) is 2. The molecule has 0 aliphatic carbocycles. The van der Waals surface area contributed by atoms with Gasteiger partial charge in [0.15, 0.2) is 0 Å². The molecule has 1 aliphatic heterocycles. The van der Waals surface area contributed by atoms with Crippen molar-refractivity contribution in [1.29, 1.82) is 0 Å². The molecule has 0 spiro atoms. The molecule has 20 heavy (non-hydrogen) atoms. The van der Waals surface area contributed by atoms with Crippen LogP contribution in [-0.4, -0.2) is 31.0 Å². The minimum atomic E-state index is -0.356. The maximum Gasteiger partial charge on any atom is 0.249 e. The SMILES string of the molecule is CCOc1cc(N2CC(=O)NC(=O)C2CC)ccc1N. The summed E-state index contributed by atoms with van der Waals surface area (Å²) in [5.41, 5.74) is 7.14. The van der Waals surface area contributed by atoms with Gasteiger partial charge < -0.3 is 15.4 Å². The van der Waals surface area contributed by atoms with E-state index in [1.165, 1.54) is 0 Å². The van der Waals surface area contributed by atoms with Crippen molar-refractivity contribution in [2.45, 2.75) is 26.3 Å². The lowest BCUT2D eigenvalue weighted by molar-refractivity contribution is -0.132. The molecule has 1 saturated heterocycles. The van der Waals surface area contributed by atoms with Gasteiger partial charge in [-0.3, -0.25) is 14.9 Å². The van der Waals surface area contributed by atoms with Gasteiger partial charge in [0.1, 0.15) is 11.8 Å². The van der Waals surface area contributed by atoms with Gasteiger partial charge in [0.2, 0.25) is 11.8 Å². The molecule has 2 amide bonds. The predicted octanol–water partition coefficient (Wildman–Crippen LogP) is 0.909. The summed E-state index contributed by atoms with van der Waals surface area (Å²) in [6, 6.07) is 4.94. The number of nitrogens with zero attached hydrogens (tertiary/aromatic N) is 1. The number of nitrogens with one attached hydrogen (secondary N) is 1. The van der Waals surface area contributed by atoms with E-state index < -0.39 is 0 Å². The fourth-order valence-corrected chi connectivity index (χ4v) is 2.33. The van der Waals surface area contributed by atoms with Crippen LogP contribution in [0.2, 0.25) is 0 Å². The first-order valence-electron chi connectivity index (χ1n) is 6.69. The molecule has 6 nitrogen and oxygen atoms in total. The molecule has 0 aromatic heterocycles. The van der Waals surface area contributed by atoms with Gasteiger partial charge in [-0.15, -0.1) is 0 Å². The predicted molar refractivity (Wildman–Crippen MR) is 76.6 cm³/mol. The van der Waals surface area contributed by atoms with E-state index in [-0.39, 0.29) is 24.4 Å². The van der Waals surface area contributed by atoms with Crippen molar-refractivity contribution in [3.8, 4) is 5.75 Å². The second-order valence-electron chi connectivity index (χ2n) is 4.62. The summed E-state index contributed by atoms with van der Waals surface area (Å²) in [5.74, 6) is 0.00584. The van der Waals surface area contributed by atoms with Gasteiger partial charge in [-0.25, -0.2) is 0 Å². The Morgan fingerprint density at radius 1 is 1.40 bits per heavy atom. The molecule has 2 rings (SSSR count). The van der Waals surface area contributed by atoms with Crippen LogP contribution in [0.3, 0.4) is 0 Å². The Balaban J connectivity index is 2.35. The molecule has 1 heterocycles. The van der Waals surface area contributed by atoms with Crippen LogP contribution in [0.5, 0.6) is 5.75 Å².